The van der Waals surface area contributed by atoms with Gasteiger partial charge in [0.05, 0.1) is 40.8 Å². The van der Waals surface area contributed by atoms with Gasteiger partial charge < -0.3 is 24.5 Å². The first kappa shape index (κ1) is 26.9. The van der Waals surface area contributed by atoms with Gasteiger partial charge in [0.1, 0.15) is 11.6 Å². The monoisotopic (exact) mass is 541 g/mol. The minimum absolute atomic E-state index is 0.140. The number of carbonyl (C=O) groups is 3. The Balaban J connectivity index is 1.74. The average molecular weight is 542 g/mol. The molecule has 0 aromatic heterocycles. The number of amides is 3. The zero-order valence-electron chi connectivity index (χ0n) is 22.6. The van der Waals surface area contributed by atoms with Gasteiger partial charge in [0, 0.05) is 20.1 Å². The highest BCUT2D eigenvalue weighted by Gasteiger charge is 2.76. The van der Waals surface area contributed by atoms with Gasteiger partial charge in [-0.2, -0.15) is 0 Å². The van der Waals surface area contributed by atoms with E-state index in [0.29, 0.717) is 23.7 Å². The number of nitrogens with zero attached hydrogens (tertiary/aromatic N) is 3. The van der Waals surface area contributed by atoms with Crippen LogP contribution in [0.3, 0.4) is 0 Å². The summed E-state index contributed by atoms with van der Waals surface area (Å²) in [4.78, 5) is 47.7. The number of para-hydroxylation sites is 1. The largest absolute Gasteiger partial charge is 0.394 e. The van der Waals surface area contributed by atoms with Crippen LogP contribution in [-0.2, 0) is 19.1 Å². The predicted molar refractivity (Wildman–Crippen MR) is 145 cm³/mol. The van der Waals surface area contributed by atoms with Crippen LogP contribution in [0.4, 0.5) is 5.69 Å². The molecule has 1 spiro atoms. The molecule has 0 aliphatic carbocycles. The zero-order chi connectivity index (χ0) is 27.6. The Kier molecular flexibility index (Phi) is 6.73. The summed E-state index contributed by atoms with van der Waals surface area (Å²) in [6.45, 7) is 7.98. The molecule has 4 heterocycles. The first-order chi connectivity index (χ1) is 18.0. The van der Waals surface area contributed by atoms with Crippen molar-refractivity contribution in [3.63, 3.8) is 0 Å². The zero-order valence-corrected chi connectivity index (χ0v) is 23.3. The van der Waals surface area contributed by atoms with Gasteiger partial charge in [-0.1, -0.05) is 68.8 Å². The Morgan fingerprint density at radius 1 is 1.08 bits per heavy atom. The molecule has 0 radical (unpaired) electrons. The molecule has 38 heavy (non-hydrogen) atoms. The maximum atomic E-state index is 14.6. The van der Waals surface area contributed by atoms with Crippen LogP contribution in [0.15, 0.2) is 42.5 Å². The lowest BCUT2D eigenvalue weighted by Gasteiger charge is -2.42. The van der Waals surface area contributed by atoms with Gasteiger partial charge >= 0.3 is 0 Å². The van der Waals surface area contributed by atoms with E-state index in [2.05, 4.69) is 0 Å². The van der Waals surface area contributed by atoms with E-state index >= 15 is 0 Å². The molecule has 2 fully saturated rings. The predicted octanol–water partition coefficient (Wildman–Crippen LogP) is 2.96. The maximum Gasteiger partial charge on any atom is 0.253 e. The summed E-state index contributed by atoms with van der Waals surface area (Å²) in [5.41, 5.74) is -0.999. The summed E-state index contributed by atoms with van der Waals surface area (Å²) in [7, 11) is 1.72. The topological polar surface area (TPSA) is 90.4 Å². The molecule has 1 N–H and O–H groups in total. The minimum Gasteiger partial charge on any atom is -0.394 e. The van der Waals surface area contributed by atoms with Gasteiger partial charge in [0.25, 0.3) is 5.91 Å². The standard InChI is InChI=1S/C29H36ClN3O5/c1-6-28-12-8-14-31(5)25(35)21(28)22-26(36)33(20(16-34)17(2)3)24-27(37)32(15-9-13-29(22,24)38-28)23-18(4)10-7-11-19(23)30/h7-13,17,20-22,24,34H,6,14-16H2,1-5H3/t20-,21+,22-,24?,28-,29-/m0/s1. The SMILES string of the molecule is CC[C@]12C=CCN(C)C(=O)[C@H]1[C@H]1C(=O)N([C@@H](CO)C(C)C)C3C(=O)N(c4c(C)cccc4Cl)CC=C[C@@]31O2. The second-order valence-electron chi connectivity index (χ2n) is 11.2. The number of carbonyl (C=O) groups excluding carboxylic acids is 3. The summed E-state index contributed by atoms with van der Waals surface area (Å²) in [6.07, 6.45) is 7.95. The van der Waals surface area contributed by atoms with Crippen LogP contribution in [0.1, 0.15) is 32.8 Å². The van der Waals surface area contributed by atoms with Crippen LogP contribution in [0.5, 0.6) is 0 Å². The number of likely N-dealkylation sites (tertiary alicyclic amines) is 1. The molecule has 4 aliphatic heterocycles. The Morgan fingerprint density at radius 2 is 1.79 bits per heavy atom. The first-order valence-corrected chi connectivity index (χ1v) is 13.7. The van der Waals surface area contributed by atoms with Gasteiger partial charge in [-0.15, -0.1) is 0 Å². The van der Waals surface area contributed by atoms with Crippen molar-refractivity contribution < 1.29 is 24.2 Å². The third-order valence-electron chi connectivity index (χ3n) is 8.85. The molecule has 2 saturated heterocycles. The highest BCUT2D eigenvalue weighted by molar-refractivity contribution is 6.34. The maximum absolute atomic E-state index is 14.6. The van der Waals surface area contributed by atoms with Crippen molar-refractivity contribution in [3.8, 4) is 0 Å². The van der Waals surface area contributed by atoms with Crippen molar-refractivity contribution in [3.05, 3.63) is 53.1 Å². The van der Waals surface area contributed by atoms with E-state index in [0.717, 1.165) is 5.56 Å². The third kappa shape index (κ3) is 3.60. The molecular formula is C29H36ClN3O5. The van der Waals surface area contributed by atoms with Gasteiger partial charge in [-0.05, 0) is 30.9 Å². The molecule has 5 rings (SSSR count). The molecule has 1 unspecified atom stereocenters. The second kappa shape index (κ2) is 9.50. The highest BCUT2D eigenvalue weighted by atomic mass is 35.5. The second-order valence-corrected chi connectivity index (χ2v) is 11.6. The Hall–Kier alpha value is -2.68. The molecule has 6 atom stereocenters. The molecule has 0 saturated carbocycles. The lowest BCUT2D eigenvalue weighted by molar-refractivity contribution is -0.153. The molecule has 0 bridgehead atoms. The fraction of sp³-hybridized carbons (Fsp3) is 0.552. The summed E-state index contributed by atoms with van der Waals surface area (Å²) >= 11 is 6.61. The Labute approximate surface area is 228 Å². The molecule has 9 heteroatoms. The normalized spacial score (nSPS) is 33.4. The number of anilines is 1. The van der Waals surface area contributed by atoms with Gasteiger partial charge in [-0.25, -0.2) is 0 Å². The van der Waals surface area contributed by atoms with Gasteiger partial charge in [0.15, 0.2) is 0 Å². The van der Waals surface area contributed by atoms with Crippen LogP contribution >= 0.6 is 11.6 Å². The molecule has 4 aliphatic rings. The van der Waals surface area contributed by atoms with E-state index in [1.54, 1.807) is 22.9 Å². The van der Waals surface area contributed by atoms with Crippen molar-refractivity contribution in [1.82, 2.24) is 9.80 Å². The number of likely N-dealkylation sites (N-methyl/N-ethyl adjacent to an activating group) is 1. The highest BCUT2D eigenvalue weighted by Crippen LogP contribution is 2.59. The van der Waals surface area contributed by atoms with E-state index in [1.165, 1.54) is 4.90 Å². The number of hydrogen-bond acceptors (Lipinski definition) is 5. The van der Waals surface area contributed by atoms with Crippen LogP contribution in [-0.4, -0.2) is 82.7 Å². The molecule has 3 amide bonds. The van der Waals surface area contributed by atoms with Gasteiger partial charge in [-0.3, -0.25) is 14.4 Å². The van der Waals surface area contributed by atoms with Crippen LogP contribution in [0.25, 0.3) is 0 Å². The smallest absolute Gasteiger partial charge is 0.253 e. The van der Waals surface area contributed by atoms with Crippen molar-refractivity contribution in [2.45, 2.75) is 57.4 Å². The Bertz CT molecular complexity index is 1210. The fourth-order valence-electron chi connectivity index (χ4n) is 6.96. The van der Waals surface area contributed by atoms with Crippen molar-refractivity contribution >= 4 is 35.0 Å². The van der Waals surface area contributed by atoms with E-state index in [9.17, 15) is 19.5 Å². The quantitative estimate of drug-likeness (QED) is 0.579. The van der Waals surface area contributed by atoms with Crippen molar-refractivity contribution in [2.75, 3.05) is 31.6 Å². The number of aliphatic hydroxyl groups is 1. The fourth-order valence-corrected chi connectivity index (χ4v) is 7.29. The van der Waals surface area contributed by atoms with E-state index in [-0.39, 0.29) is 36.8 Å². The number of hydrogen-bond donors (Lipinski definition) is 1. The summed E-state index contributed by atoms with van der Waals surface area (Å²) in [5, 5.41) is 10.9. The van der Waals surface area contributed by atoms with E-state index < -0.39 is 35.1 Å². The van der Waals surface area contributed by atoms with Crippen LogP contribution < -0.4 is 4.90 Å². The van der Waals surface area contributed by atoms with Crippen molar-refractivity contribution in [2.24, 2.45) is 17.8 Å². The molecule has 1 aromatic rings. The first-order valence-electron chi connectivity index (χ1n) is 13.3. The number of ether oxygens (including phenoxy) is 1. The Morgan fingerprint density at radius 3 is 2.42 bits per heavy atom. The lowest BCUT2D eigenvalue weighted by Crippen LogP contribution is -2.60. The van der Waals surface area contributed by atoms with E-state index in [1.807, 2.05) is 64.1 Å². The number of fused-ring (bicyclic) bond motifs is 2. The number of aliphatic hydroxyl groups excluding tert-OH is 1. The summed E-state index contributed by atoms with van der Waals surface area (Å²) in [5.74, 6) is -2.70. The molecular weight excluding hydrogens is 506 g/mol. The van der Waals surface area contributed by atoms with Crippen molar-refractivity contribution in [1.29, 1.82) is 0 Å². The third-order valence-corrected chi connectivity index (χ3v) is 9.16. The number of aryl methyl sites for hydroxylation is 1. The van der Waals surface area contributed by atoms with Gasteiger partial charge in [0.2, 0.25) is 11.8 Å². The molecule has 1 aromatic carbocycles. The van der Waals surface area contributed by atoms with Crippen LogP contribution in [0, 0.1) is 24.7 Å². The summed E-state index contributed by atoms with van der Waals surface area (Å²) < 4.78 is 6.94. The number of rotatable bonds is 5. The lowest BCUT2D eigenvalue weighted by atomic mass is 9.73. The minimum atomic E-state index is -1.38. The number of benzene rings is 1. The number of halogens is 1. The summed E-state index contributed by atoms with van der Waals surface area (Å²) in [6, 6.07) is 3.75. The van der Waals surface area contributed by atoms with Crippen LogP contribution in [0.2, 0.25) is 5.02 Å². The molecule has 8 nitrogen and oxygen atoms in total. The average Bonchev–Trinajstić information content (AvgIpc) is 3.17. The van der Waals surface area contributed by atoms with E-state index in [4.69, 9.17) is 16.3 Å². The molecule has 204 valence electrons.